The van der Waals surface area contributed by atoms with Gasteiger partial charge in [-0.1, -0.05) is 37.0 Å². The van der Waals surface area contributed by atoms with Crippen LogP contribution in [0.5, 0.6) is 0 Å². The van der Waals surface area contributed by atoms with Gasteiger partial charge in [-0.25, -0.2) is 4.79 Å². The van der Waals surface area contributed by atoms with Gasteiger partial charge in [-0.3, -0.25) is 4.79 Å². The topological polar surface area (TPSA) is 55.4 Å². The average molecular weight is 310 g/mol. The van der Waals surface area contributed by atoms with Crippen LogP contribution in [0.15, 0.2) is 6.07 Å². The van der Waals surface area contributed by atoms with Gasteiger partial charge in [-0.15, -0.1) is 11.3 Å². The summed E-state index contributed by atoms with van der Waals surface area (Å²) in [6.07, 6.45) is 0. The summed E-state index contributed by atoms with van der Waals surface area (Å²) in [7, 11) is 1.28. The molecule has 100 valence electrons. The van der Waals surface area contributed by atoms with E-state index in [1.165, 1.54) is 13.2 Å². The second kappa shape index (κ2) is 6.41. The largest absolute Gasteiger partial charge is 0.467 e. The zero-order chi connectivity index (χ0) is 13.9. The maximum absolute atomic E-state index is 12.0. The van der Waals surface area contributed by atoms with Gasteiger partial charge in [0.2, 0.25) is 0 Å². The Labute approximate surface area is 119 Å². The number of halogens is 2. The maximum atomic E-state index is 12.0. The molecule has 1 aromatic rings. The van der Waals surface area contributed by atoms with E-state index in [9.17, 15) is 9.59 Å². The number of hydrogen-bond donors (Lipinski definition) is 1. The Morgan fingerprint density at radius 2 is 2.00 bits per heavy atom. The zero-order valence-corrected chi connectivity index (χ0v) is 12.4. The predicted molar refractivity (Wildman–Crippen MR) is 72.4 cm³/mol. The van der Waals surface area contributed by atoms with Crippen LogP contribution in [-0.4, -0.2) is 25.0 Å². The van der Waals surface area contributed by atoms with Crippen molar-refractivity contribution in [1.82, 2.24) is 5.32 Å². The van der Waals surface area contributed by atoms with Gasteiger partial charge in [0.05, 0.1) is 17.0 Å². The van der Waals surface area contributed by atoms with Crippen molar-refractivity contribution >= 4 is 46.4 Å². The number of hydrogen-bond acceptors (Lipinski definition) is 4. The molecule has 0 aliphatic carbocycles. The molecule has 0 aromatic carbocycles. The molecule has 7 heteroatoms. The Morgan fingerprint density at radius 1 is 1.39 bits per heavy atom. The highest BCUT2D eigenvalue weighted by atomic mass is 35.5. The Hall–Kier alpha value is -0.780. The minimum atomic E-state index is -0.711. The summed E-state index contributed by atoms with van der Waals surface area (Å²) in [5, 5.41) is 2.59. The fourth-order valence-corrected chi connectivity index (χ4v) is 2.80. The summed E-state index contributed by atoms with van der Waals surface area (Å²) < 4.78 is 5.35. The average Bonchev–Trinajstić information content (AvgIpc) is 2.63. The highest BCUT2D eigenvalue weighted by Crippen LogP contribution is 2.31. The van der Waals surface area contributed by atoms with Crippen LogP contribution in [0.4, 0.5) is 0 Å². The van der Waals surface area contributed by atoms with E-state index < -0.39 is 17.9 Å². The molecule has 1 aromatic heterocycles. The number of rotatable bonds is 4. The normalized spacial score (nSPS) is 12.3. The lowest BCUT2D eigenvalue weighted by atomic mass is 10.0. The summed E-state index contributed by atoms with van der Waals surface area (Å²) in [5.41, 5.74) is 0.265. The number of nitrogens with one attached hydrogen (secondary N) is 1. The minimum absolute atomic E-state index is 0.0886. The predicted octanol–water partition coefficient (Wildman–Crippen LogP) is 2.98. The quantitative estimate of drug-likeness (QED) is 0.870. The monoisotopic (exact) mass is 309 g/mol. The number of ether oxygens (including phenoxy) is 1. The molecule has 1 rings (SSSR count). The highest BCUT2D eigenvalue weighted by Gasteiger charge is 2.26. The number of esters is 1. The fraction of sp³-hybridized carbons (Fsp3) is 0.455. The van der Waals surface area contributed by atoms with Gasteiger partial charge in [0.25, 0.3) is 5.91 Å². The van der Waals surface area contributed by atoms with Gasteiger partial charge in [0, 0.05) is 0 Å². The van der Waals surface area contributed by atoms with Gasteiger partial charge < -0.3 is 10.1 Å². The molecule has 1 N–H and O–H groups in total. The van der Waals surface area contributed by atoms with Crippen LogP contribution in [-0.2, 0) is 9.53 Å². The lowest BCUT2D eigenvalue weighted by molar-refractivity contribution is -0.144. The van der Waals surface area contributed by atoms with Gasteiger partial charge in [-0.05, 0) is 12.0 Å². The third kappa shape index (κ3) is 3.60. The molecule has 0 aliphatic rings. The van der Waals surface area contributed by atoms with Crippen LogP contribution in [0.2, 0.25) is 8.67 Å². The summed E-state index contributed by atoms with van der Waals surface area (Å²) in [5.74, 6) is -1.02. The lowest BCUT2D eigenvalue weighted by Gasteiger charge is -2.19. The van der Waals surface area contributed by atoms with E-state index in [0.717, 1.165) is 11.3 Å². The van der Waals surface area contributed by atoms with Crippen molar-refractivity contribution in [2.45, 2.75) is 19.9 Å². The third-order valence-electron chi connectivity index (χ3n) is 2.31. The van der Waals surface area contributed by atoms with Crippen LogP contribution in [0, 0.1) is 5.92 Å². The first kappa shape index (κ1) is 15.3. The molecule has 0 saturated carbocycles. The summed E-state index contributed by atoms with van der Waals surface area (Å²) in [6, 6.07) is 0.760. The molecule has 0 spiro atoms. The molecule has 18 heavy (non-hydrogen) atoms. The van der Waals surface area contributed by atoms with Gasteiger partial charge in [0.1, 0.15) is 10.4 Å². The Morgan fingerprint density at radius 3 is 2.39 bits per heavy atom. The zero-order valence-electron chi connectivity index (χ0n) is 10.1. The molecule has 0 radical (unpaired) electrons. The van der Waals surface area contributed by atoms with Crippen LogP contribution >= 0.6 is 34.5 Å². The van der Waals surface area contributed by atoms with Crippen molar-refractivity contribution in [2.75, 3.05) is 7.11 Å². The Kier molecular flexibility index (Phi) is 5.44. The van der Waals surface area contributed by atoms with Crippen LogP contribution < -0.4 is 5.32 Å². The third-order valence-corrected chi connectivity index (χ3v) is 3.80. The number of methoxy groups -OCH3 is 1. The first-order valence-electron chi connectivity index (χ1n) is 5.20. The molecule has 0 fully saturated rings. The number of thiophene rings is 1. The van der Waals surface area contributed by atoms with E-state index in [1.54, 1.807) is 0 Å². The molecule has 0 unspecified atom stereocenters. The smallest absolute Gasteiger partial charge is 0.328 e. The minimum Gasteiger partial charge on any atom is -0.467 e. The molecule has 4 nitrogen and oxygen atoms in total. The van der Waals surface area contributed by atoms with E-state index >= 15 is 0 Å². The van der Waals surface area contributed by atoms with Crippen molar-refractivity contribution in [2.24, 2.45) is 5.92 Å². The van der Waals surface area contributed by atoms with E-state index in [2.05, 4.69) is 10.1 Å². The van der Waals surface area contributed by atoms with Gasteiger partial charge in [0.15, 0.2) is 0 Å². The summed E-state index contributed by atoms with van der Waals surface area (Å²) in [6.45, 7) is 3.62. The van der Waals surface area contributed by atoms with E-state index in [1.807, 2.05) is 13.8 Å². The lowest BCUT2D eigenvalue weighted by Crippen LogP contribution is -2.44. The molecule has 0 saturated heterocycles. The SMILES string of the molecule is COC(=O)[C@@H](NC(=O)c1cc(Cl)sc1Cl)C(C)C. The second-order valence-electron chi connectivity index (χ2n) is 3.96. The first-order chi connectivity index (χ1) is 8.36. The highest BCUT2D eigenvalue weighted by molar-refractivity contribution is 7.20. The van der Waals surface area contributed by atoms with E-state index in [4.69, 9.17) is 23.2 Å². The molecule has 1 amide bonds. The molecule has 1 atom stereocenters. The first-order valence-corrected chi connectivity index (χ1v) is 6.77. The number of amides is 1. The van der Waals surface area contributed by atoms with E-state index in [-0.39, 0.29) is 11.5 Å². The van der Waals surface area contributed by atoms with Crippen LogP contribution in [0.25, 0.3) is 0 Å². The Balaban J connectivity index is 2.85. The van der Waals surface area contributed by atoms with Crippen molar-refractivity contribution in [1.29, 1.82) is 0 Å². The number of carbonyl (C=O) groups excluding carboxylic acids is 2. The molecule has 0 bridgehead atoms. The van der Waals surface area contributed by atoms with Crippen molar-refractivity contribution in [3.8, 4) is 0 Å². The molecule has 1 heterocycles. The molecular formula is C11H13Cl2NO3S. The summed E-state index contributed by atoms with van der Waals surface area (Å²) in [4.78, 5) is 23.5. The van der Waals surface area contributed by atoms with Crippen LogP contribution in [0.1, 0.15) is 24.2 Å². The second-order valence-corrected chi connectivity index (χ2v) is 6.24. The van der Waals surface area contributed by atoms with Gasteiger partial charge in [-0.2, -0.15) is 0 Å². The van der Waals surface area contributed by atoms with Crippen molar-refractivity contribution < 1.29 is 14.3 Å². The standard InChI is InChI=1S/C11H13Cl2NO3S/c1-5(2)8(11(16)17-3)14-10(15)6-4-7(12)18-9(6)13/h4-5,8H,1-3H3,(H,14,15)/t8-/m0/s1. The van der Waals surface area contributed by atoms with Crippen molar-refractivity contribution in [3.63, 3.8) is 0 Å². The van der Waals surface area contributed by atoms with Crippen molar-refractivity contribution in [3.05, 3.63) is 20.3 Å². The fourth-order valence-electron chi connectivity index (χ4n) is 1.34. The molecular weight excluding hydrogens is 297 g/mol. The van der Waals surface area contributed by atoms with Crippen LogP contribution in [0.3, 0.4) is 0 Å². The van der Waals surface area contributed by atoms with Gasteiger partial charge >= 0.3 is 5.97 Å². The number of carbonyl (C=O) groups is 2. The maximum Gasteiger partial charge on any atom is 0.328 e. The summed E-state index contributed by atoms with van der Waals surface area (Å²) >= 11 is 12.7. The molecule has 0 aliphatic heterocycles. The Bertz CT molecular complexity index is 459. The van der Waals surface area contributed by atoms with E-state index in [0.29, 0.717) is 8.67 Å².